The van der Waals surface area contributed by atoms with E-state index in [-0.39, 0.29) is 43.0 Å². The Kier molecular flexibility index (Phi) is 29.0. The van der Waals surface area contributed by atoms with E-state index in [1.54, 1.807) is 32.0 Å². The van der Waals surface area contributed by atoms with Gasteiger partial charge in [-0.15, -0.1) is 11.3 Å². The number of halogens is 4. The van der Waals surface area contributed by atoms with Crippen molar-refractivity contribution in [3.8, 4) is 67.6 Å². The Balaban J connectivity index is 0.964. The van der Waals surface area contributed by atoms with Crippen molar-refractivity contribution in [1.29, 1.82) is 0 Å². The largest absolute Gasteiger partial charge is 0.508 e. The Morgan fingerprint density at radius 1 is 0.651 bits per heavy atom. The first-order chi connectivity index (χ1) is 59.7. The van der Waals surface area contributed by atoms with Crippen LogP contribution in [0.4, 0.5) is 0 Å². The molecule has 0 spiro atoms. The number of carboxylic acids is 1. The number of carboxylic acid groups (broad SMARTS) is 1. The van der Waals surface area contributed by atoms with E-state index in [1.165, 1.54) is 44.4 Å². The number of hydrogen-bond acceptors (Lipinski definition) is 31. The summed E-state index contributed by atoms with van der Waals surface area (Å²) in [5, 5.41) is 160. The van der Waals surface area contributed by atoms with E-state index in [1.807, 2.05) is 12.1 Å². The van der Waals surface area contributed by atoms with Crippen LogP contribution < -0.4 is 68.2 Å². The number of ether oxygens (including phenoxy) is 8. The lowest BCUT2D eigenvalue weighted by molar-refractivity contribution is -0.350. The number of benzene rings is 6. The Morgan fingerprint density at radius 3 is 1.91 bits per heavy atom. The normalized spacial score (nSPS) is 29.6. The molecule has 9 heterocycles. The molecule has 43 heteroatoms. The summed E-state index contributed by atoms with van der Waals surface area (Å²) in [6.07, 6.45) is -29.2. The number of aliphatic carboxylic acids is 1. The minimum atomic E-state index is -2.43. The molecule has 8 aliphatic heterocycles. The van der Waals surface area contributed by atoms with Gasteiger partial charge in [-0.2, -0.15) is 0 Å². The van der Waals surface area contributed by atoms with Gasteiger partial charge in [0.05, 0.1) is 41.3 Å². The van der Waals surface area contributed by atoms with Crippen LogP contribution in [0, 0.1) is 5.92 Å². The van der Waals surface area contributed by atoms with Gasteiger partial charge in [0, 0.05) is 67.6 Å². The molecule has 0 radical (unpaired) electrons. The summed E-state index contributed by atoms with van der Waals surface area (Å²) in [4.78, 5) is 122. The highest BCUT2D eigenvalue weighted by atomic mass is 35.5. The molecule has 3 saturated heterocycles. The Bertz CT molecular complexity index is 5290. The predicted octanol–water partition coefficient (Wildman–Crippen LogP) is 2.76. The number of carbonyl (C=O) groups excluding carboxylic acids is 7. The van der Waals surface area contributed by atoms with Crippen LogP contribution in [0.2, 0.25) is 20.1 Å². The van der Waals surface area contributed by atoms with Gasteiger partial charge in [-0.25, -0.2) is 4.79 Å². The van der Waals surface area contributed by atoms with Crippen LogP contribution in [0.15, 0.2) is 109 Å². The van der Waals surface area contributed by atoms with Crippen LogP contribution in [0.5, 0.6) is 46.0 Å². The van der Waals surface area contributed by atoms with E-state index in [2.05, 4.69) is 42.5 Å². The molecule has 126 heavy (non-hydrogen) atoms. The fourth-order valence-electron chi connectivity index (χ4n) is 15.7. The van der Waals surface area contributed by atoms with Crippen LogP contribution in [-0.2, 0) is 68.6 Å². The number of likely N-dealkylation sites (N-methyl/N-ethyl adjacent to an activating group) is 1. The second kappa shape index (κ2) is 39.0. The number of nitrogens with one attached hydrogen (secondary N) is 8. The van der Waals surface area contributed by atoms with Crippen molar-refractivity contribution in [2.45, 2.75) is 193 Å². The van der Waals surface area contributed by atoms with Gasteiger partial charge in [0.1, 0.15) is 120 Å². The number of thiophene rings is 1. The first-order valence-corrected chi connectivity index (χ1v) is 41.9. The molecule has 1 aromatic heterocycles. The van der Waals surface area contributed by atoms with E-state index in [0.717, 1.165) is 82.0 Å². The quantitative estimate of drug-likeness (QED) is 0.0521. The maximum Gasteiger partial charge on any atom is 0.330 e. The van der Waals surface area contributed by atoms with E-state index in [4.69, 9.17) is 95.8 Å². The Morgan fingerprint density at radius 2 is 1.28 bits per heavy atom. The van der Waals surface area contributed by atoms with Crippen molar-refractivity contribution in [2.75, 3.05) is 20.2 Å². The summed E-state index contributed by atoms with van der Waals surface area (Å²) in [6.45, 7) is 5.41. The van der Waals surface area contributed by atoms with Crippen molar-refractivity contribution in [3.05, 3.63) is 162 Å². The highest BCUT2D eigenvalue weighted by molar-refractivity contribution is 7.15. The van der Waals surface area contributed by atoms with Gasteiger partial charge < -0.3 is 153 Å². The number of rotatable bonds is 20. The number of carbonyl (C=O) groups is 8. The number of aliphatic hydroxyl groups is 8. The van der Waals surface area contributed by atoms with Crippen molar-refractivity contribution < 1.29 is 138 Å². The van der Waals surface area contributed by atoms with Gasteiger partial charge in [0.25, 0.3) is 0 Å². The lowest BCUT2D eigenvalue weighted by atomic mass is 9.86. The minimum absolute atomic E-state index is 0.132. The maximum atomic E-state index is 16.4. The molecule has 8 aliphatic rings. The number of phenolic OH excluding ortho intramolecular Hbond substituents is 3. The van der Waals surface area contributed by atoms with Gasteiger partial charge in [-0.05, 0) is 146 Å². The van der Waals surface area contributed by atoms with Crippen molar-refractivity contribution in [3.63, 3.8) is 0 Å². The number of amides is 7. The number of aromatic hydroxyl groups is 3. The van der Waals surface area contributed by atoms with Crippen LogP contribution in [0.25, 0.3) is 21.6 Å². The number of aliphatic hydroxyl groups excluding tert-OH is 8. The second-order valence-electron chi connectivity index (χ2n) is 31.9. The van der Waals surface area contributed by atoms with Gasteiger partial charge in [-0.1, -0.05) is 78.5 Å². The number of nitrogens with two attached hydrogens (primary N) is 2. The fraction of sp³-hybridized carbons (Fsp3) is 0.422. The molecule has 3 fully saturated rings. The summed E-state index contributed by atoms with van der Waals surface area (Å²) in [7, 11) is 1.46. The molecule has 11 bridgehead atoms. The number of hydrogen-bond donors (Lipinski definition) is 22. The topological polar surface area (TPSA) is 601 Å². The van der Waals surface area contributed by atoms with Crippen LogP contribution in [-0.4, -0.2) is 238 Å². The SMILES string of the molecule is CN[C@H](CC(C)C)C(=O)NC1C(=O)NC(CC(N)=O)C(=O)N[C@H]2C(=O)N[C@H]3C(=O)N[C@H](C(=O)NC(C(=O)O)c4cc(O)cc(O)c4-c4cc3ccc4O)[C@H](OC3C[C@](C)(N)[C@@H](O)[C@H](C)O3)c3ccc(c(Cl)c3)Oc3cc2cc(c3O[C@@H]2O[C@H](CO)[C@@H](O[C@@H]3O[C@H](CNCc4ccc(-c5cc(Cl)cc(Cl)c5)s4)[C@H](O)[C@H](O)[C@H]3O)[C@H](O)[C@H]2O)Oc2ccc(cc2Cl)[C@H]1O. The third kappa shape index (κ3) is 20.5. The van der Waals surface area contributed by atoms with Crippen LogP contribution in [0.1, 0.15) is 110 Å². The summed E-state index contributed by atoms with van der Waals surface area (Å²) >= 11 is 28.4. The molecule has 0 saturated carbocycles. The van der Waals surface area contributed by atoms with Gasteiger partial charge >= 0.3 is 5.97 Å². The lowest BCUT2D eigenvalue weighted by Crippen LogP contribution is -2.65. The highest BCUT2D eigenvalue weighted by Crippen LogP contribution is 2.51. The molecule has 7 aromatic rings. The van der Waals surface area contributed by atoms with E-state index in [0.29, 0.717) is 10.0 Å². The summed E-state index contributed by atoms with van der Waals surface area (Å²) in [6, 6.07) is 7.69. The lowest BCUT2D eigenvalue weighted by Gasteiger charge is -2.46. The Labute approximate surface area is 741 Å². The minimum Gasteiger partial charge on any atom is -0.508 e. The first kappa shape index (κ1) is 93.7. The first-order valence-electron chi connectivity index (χ1n) is 39.6. The van der Waals surface area contributed by atoms with Gasteiger partial charge in [0.2, 0.25) is 53.4 Å². The molecule has 23 atom stereocenters. The fourth-order valence-corrected chi connectivity index (χ4v) is 17.6. The molecule has 38 nitrogen and oxygen atoms in total. The average Bonchev–Trinajstić information content (AvgIpc) is 0.814. The third-order valence-electron chi connectivity index (χ3n) is 22.1. The molecule has 0 aliphatic carbocycles. The standard InChI is InChI=1S/C83H92Cl4N10O28S/c1-30(2)14-45(90-5)74(110)96-62-64(103)33-7-11-49(43(86)18-33)119-51-20-36-21-52(71(51)124-82-69(108)67(106)72(54(29-98)122-82)125-81-68(107)66(105)65(104)53(121-81)28-91-27-40-9-13-55(126-40)35-15-37(84)22-38(85)16-35)120-50-12-8-34(19-44(50)87)70(123-57-26-83(4,89)73(109)31(3)118-57)63-79(115)95-61(80(116)117)42-23-39(99)24-48(101)58(42)41-17-32(6-10-47(41)100)59(76(112)97-63)94-77(113)60(36)93-75(111)46(25-56(88)102)92-78(62)114/h6-13,15-24,30-31,45-46,53-54,57,59-70,72-73,81-82,90-91,98-101,103-109H,14,25-29,89H2,1-5H3,(H2,88,102)(H,92,114)(H,93,111)(H,94,113)(H,95,115)(H,96,110)(H,97,112)(H,116,117)/t31-,45+,46?,53+,54+,57?,59+,60+,61?,62?,63-,64+,65-,66-,67+,68+,69+,70+,72+,73-,81-,82-,83-/m0/s1. The molecule has 15 rings (SSSR count). The van der Waals surface area contributed by atoms with Crippen molar-refractivity contribution in [1.82, 2.24) is 42.5 Å². The van der Waals surface area contributed by atoms with Crippen molar-refractivity contribution in [2.24, 2.45) is 17.4 Å². The monoisotopic (exact) mass is 1850 g/mol. The molecule has 6 aromatic carbocycles. The predicted molar refractivity (Wildman–Crippen MR) is 446 cm³/mol. The molecule has 676 valence electrons. The number of phenols is 3. The Hall–Kier alpha value is -9.90. The number of primary amides is 1. The van der Waals surface area contributed by atoms with E-state index >= 15 is 24.0 Å². The molecular weight excluding hydrogens is 1760 g/mol. The van der Waals surface area contributed by atoms with E-state index < -0.39 is 284 Å². The van der Waals surface area contributed by atoms with Gasteiger partial charge in [-0.3, -0.25) is 33.6 Å². The summed E-state index contributed by atoms with van der Waals surface area (Å²) in [5.74, 6) is -16.7. The van der Waals surface area contributed by atoms with Crippen LogP contribution >= 0.6 is 57.7 Å². The van der Waals surface area contributed by atoms with Crippen LogP contribution in [0.3, 0.4) is 0 Å². The summed E-state index contributed by atoms with van der Waals surface area (Å²) < 4.78 is 51.2. The zero-order valence-electron chi connectivity index (χ0n) is 67.4. The number of fused-ring (bicyclic) bond motifs is 15. The molecule has 24 N–H and O–H groups in total. The van der Waals surface area contributed by atoms with E-state index in [9.17, 15) is 75.7 Å². The zero-order valence-corrected chi connectivity index (χ0v) is 71.2. The maximum absolute atomic E-state index is 16.4. The molecule has 7 amide bonds. The smallest absolute Gasteiger partial charge is 0.330 e. The van der Waals surface area contributed by atoms with Crippen molar-refractivity contribution >= 4 is 105 Å². The van der Waals surface area contributed by atoms with Gasteiger partial charge in [0.15, 0.2) is 30.1 Å². The second-order valence-corrected chi connectivity index (χ2v) is 34.8. The molecular formula is C83H92Cl4N10O28S. The zero-order chi connectivity index (χ0) is 91.1. The summed E-state index contributed by atoms with van der Waals surface area (Å²) in [5.41, 5.74) is 8.73. The average molecular weight is 1850 g/mol. The third-order valence-corrected chi connectivity index (χ3v) is 24.3. The highest BCUT2D eigenvalue weighted by Gasteiger charge is 2.53. The molecule has 4 unspecified atom stereocenters.